The van der Waals surface area contributed by atoms with E-state index in [0.29, 0.717) is 12.0 Å². The minimum absolute atomic E-state index is 0.00195. The van der Waals surface area contributed by atoms with Gasteiger partial charge in [-0.1, -0.05) is 42.8 Å². The first-order chi connectivity index (χ1) is 10.7. The van der Waals surface area contributed by atoms with Crippen molar-refractivity contribution in [2.75, 3.05) is 0 Å². The van der Waals surface area contributed by atoms with Crippen LogP contribution in [-0.4, -0.2) is 16.1 Å². The average molecular weight is 294 g/mol. The first kappa shape index (κ1) is 15.7. The molecule has 1 heterocycles. The molecule has 0 aliphatic rings. The van der Waals surface area contributed by atoms with E-state index in [2.05, 4.69) is 17.1 Å². The normalized spacial score (nSPS) is 10.1. The van der Waals surface area contributed by atoms with Crippen LogP contribution in [0, 0.1) is 11.3 Å². The van der Waals surface area contributed by atoms with Crippen LogP contribution in [0.3, 0.4) is 0 Å². The lowest BCUT2D eigenvalue weighted by Crippen LogP contribution is -2.07. The summed E-state index contributed by atoms with van der Waals surface area (Å²) in [6.45, 7) is 0. The number of carboxylic acid groups (broad SMARTS) is 1. The van der Waals surface area contributed by atoms with E-state index in [1.54, 1.807) is 12.1 Å². The smallest absolute Gasteiger partial charge is 0.354 e. The third kappa shape index (κ3) is 4.42. The number of nitriles is 1. The maximum atomic E-state index is 11.2. The highest BCUT2D eigenvalue weighted by atomic mass is 16.4. The van der Waals surface area contributed by atoms with Gasteiger partial charge in [0.15, 0.2) is 5.69 Å². The van der Waals surface area contributed by atoms with E-state index in [4.69, 9.17) is 10.4 Å². The Labute approximate surface area is 130 Å². The Bertz CT molecular complexity index is 675. The standard InChI is InChI=1S/C18H18N2O2/c19-13-16-12-11-15(17(20-16)18(21)22)10-6-2-5-9-14-7-3-1-4-8-14/h1,3-4,7-8,11-12H,2,5-6,9-10H2,(H,21,22). The Hall–Kier alpha value is -2.67. The number of carbonyl (C=O) groups is 1. The molecule has 0 aliphatic carbocycles. The van der Waals surface area contributed by atoms with E-state index >= 15 is 0 Å². The number of aromatic nitrogens is 1. The molecule has 2 aromatic rings. The van der Waals surface area contributed by atoms with Crippen molar-refractivity contribution in [2.24, 2.45) is 0 Å². The second-order valence-electron chi connectivity index (χ2n) is 5.17. The van der Waals surface area contributed by atoms with Crippen LogP contribution in [0.5, 0.6) is 0 Å². The largest absolute Gasteiger partial charge is 0.477 e. The van der Waals surface area contributed by atoms with Gasteiger partial charge >= 0.3 is 5.97 Å². The zero-order valence-electron chi connectivity index (χ0n) is 12.3. The van der Waals surface area contributed by atoms with Gasteiger partial charge < -0.3 is 5.11 Å². The lowest BCUT2D eigenvalue weighted by molar-refractivity contribution is 0.0689. The van der Waals surface area contributed by atoms with Gasteiger partial charge in [0.1, 0.15) is 11.8 Å². The molecule has 0 saturated heterocycles. The molecule has 1 aromatic carbocycles. The highest BCUT2D eigenvalue weighted by Gasteiger charge is 2.12. The quantitative estimate of drug-likeness (QED) is 0.792. The van der Waals surface area contributed by atoms with Crippen molar-refractivity contribution in [2.45, 2.75) is 32.1 Å². The maximum absolute atomic E-state index is 11.2. The van der Waals surface area contributed by atoms with Crippen molar-refractivity contribution >= 4 is 5.97 Å². The zero-order valence-corrected chi connectivity index (χ0v) is 12.3. The lowest BCUT2D eigenvalue weighted by Gasteiger charge is -2.06. The molecule has 0 radical (unpaired) electrons. The molecule has 2 rings (SSSR count). The molecule has 0 saturated carbocycles. The van der Waals surface area contributed by atoms with Gasteiger partial charge in [-0.05, 0) is 42.9 Å². The molecule has 1 N–H and O–H groups in total. The number of benzene rings is 1. The summed E-state index contributed by atoms with van der Waals surface area (Å²) in [4.78, 5) is 15.1. The van der Waals surface area contributed by atoms with E-state index < -0.39 is 5.97 Å². The molecule has 22 heavy (non-hydrogen) atoms. The van der Waals surface area contributed by atoms with Crippen LogP contribution in [-0.2, 0) is 12.8 Å². The number of carboxylic acids is 1. The minimum atomic E-state index is -1.07. The second kappa shape index (κ2) is 7.94. The summed E-state index contributed by atoms with van der Waals surface area (Å²) in [5.74, 6) is -1.07. The van der Waals surface area contributed by atoms with Gasteiger partial charge in [-0.25, -0.2) is 9.78 Å². The van der Waals surface area contributed by atoms with Crippen LogP contribution >= 0.6 is 0 Å². The first-order valence-electron chi connectivity index (χ1n) is 7.38. The molecule has 0 atom stereocenters. The molecule has 0 fully saturated rings. The van der Waals surface area contributed by atoms with E-state index in [1.807, 2.05) is 24.3 Å². The topological polar surface area (TPSA) is 74.0 Å². The summed E-state index contributed by atoms with van der Waals surface area (Å²) in [5.41, 5.74) is 2.17. The van der Waals surface area contributed by atoms with Crippen molar-refractivity contribution in [3.63, 3.8) is 0 Å². The predicted molar refractivity (Wildman–Crippen MR) is 83.6 cm³/mol. The van der Waals surface area contributed by atoms with E-state index in [1.165, 1.54) is 5.56 Å². The number of unbranched alkanes of at least 4 members (excludes halogenated alkanes) is 2. The minimum Gasteiger partial charge on any atom is -0.477 e. The SMILES string of the molecule is N#Cc1ccc(CCCCCc2ccccc2)c(C(=O)O)n1. The third-order valence-corrected chi connectivity index (χ3v) is 3.55. The van der Waals surface area contributed by atoms with Crippen molar-refractivity contribution in [1.82, 2.24) is 4.98 Å². The fraction of sp³-hybridized carbons (Fsp3) is 0.278. The van der Waals surface area contributed by atoms with Crippen LogP contribution in [0.25, 0.3) is 0 Å². The molecular weight excluding hydrogens is 276 g/mol. The molecule has 4 heteroatoms. The Kier molecular flexibility index (Phi) is 5.67. The van der Waals surface area contributed by atoms with E-state index in [9.17, 15) is 4.79 Å². The zero-order chi connectivity index (χ0) is 15.8. The molecule has 0 spiro atoms. The van der Waals surface area contributed by atoms with Gasteiger partial charge in [-0.15, -0.1) is 0 Å². The summed E-state index contributed by atoms with van der Waals surface area (Å²) in [5, 5.41) is 17.9. The molecule has 0 bridgehead atoms. The van der Waals surface area contributed by atoms with Crippen LogP contribution in [0.15, 0.2) is 42.5 Å². The third-order valence-electron chi connectivity index (χ3n) is 3.55. The Morgan fingerprint density at radius 1 is 1.05 bits per heavy atom. The van der Waals surface area contributed by atoms with Crippen LogP contribution in [0.1, 0.15) is 46.6 Å². The number of nitrogens with zero attached hydrogens (tertiary/aromatic N) is 2. The number of aromatic carboxylic acids is 1. The fourth-order valence-corrected chi connectivity index (χ4v) is 2.40. The van der Waals surface area contributed by atoms with Crippen LogP contribution in [0.2, 0.25) is 0 Å². The van der Waals surface area contributed by atoms with Crippen LogP contribution in [0.4, 0.5) is 0 Å². The number of hydrogen-bond donors (Lipinski definition) is 1. The molecular formula is C18H18N2O2. The average Bonchev–Trinajstić information content (AvgIpc) is 2.55. The Morgan fingerprint density at radius 3 is 2.45 bits per heavy atom. The summed E-state index contributed by atoms with van der Waals surface area (Å²) in [6, 6.07) is 15.5. The van der Waals surface area contributed by atoms with Gasteiger partial charge in [0.05, 0.1) is 0 Å². The number of hydrogen-bond acceptors (Lipinski definition) is 3. The van der Waals surface area contributed by atoms with E-state index in [-0.39, 0.29) is 11.4 Å². The van der Waals surface area contributed by atoms with Crippen molar-refractivity contribution in [3.8, 4) is 6.07 Å². The molecule has 0 unspecified atom stereocenters. The monoisotopic (exact) mass is 294 g/mol. The molecule has 1 aromatic heterocycles. The first-order valence-corrected chi connectivity index (χ1v) is 7.38. The fourth-order valence-electron chi connectivity index (χ4n) is 2.40. The number of rotatable bonds is 7. The predicted octanol–water partition coefficient (Wildman–Crippen LogP) is 3.61. The van der Waals surface area contributed by atoms with Crippen molar-refractivity contribution < 1.29 is 9.90 Å². The lowest BCUT2D eigenvalue weighted by atomic mass is 10.0. The van der Waals surface area contributed by atoms with Crippen LogP contribution < -0.4 is 0 Å². The Morgan fingerprint density at radius 2 is 1.77 bits per heavy atom. The summed E-state index contributed by atoms with van der Waals surface area (Å²) in [7, 11) is 0. The van der Waals surface area contributed by atoms with Gasteiger partial charge in [0.25, 0.3) is 0 Å². The molecule has 0 aliphatic heterocycles. The summed E-state index contributed by atoms with van der Waals surface area (Å²) >= 11 is 0. The van der Waals surface area contributed by atoms with E-state index in [0.717, 1.165) is 25.7 Å². The van der Waals surface area contributed by atoms with Gasteiger partial charge in [-0.3, -0.25) is 0 Å². The van der Waals surface area contributed by atoms with Crippen molar-refractivity contribution in [3.05, 3.63) is 65.0 Å². The van der Waals surface area contributed by atoms with Gasteiger partial charge in [0.2, 0.25) is 0 Å². The summed E-state index contributed by atoms with van der Waals surface area (Å²) < 4.78 is 0. The summed E-state index contributed by atoms with van der Waals surface area (Å²) in [6.07, 6.45) is 4.75. The molecule has 112 valence electrons. The number of pyridine rings is 1. The molecule has 0 amide bonds. The van der Waals surface area contributed by atoms with Gasteiger partial charge in [-0.2, -0.15) is 5.26 Å². The highest BCUT2D eigenvalue weighted by molar-refractivity contribution is 5.87. The van der Waals surface area contributed by atoms with Crippen molar-refractivity contribution in [1.29, 1.82) is 5.26 Å². The second-order valence-corrected chi connectivity index (χ2v) is 5.17. The number of aryl methyl sites for hydroxylation is 2. The Balaban J connectivity index is 1.84. The molecule has 4 nitrogen and oxygen atoms in total. The highest BCUT2D eigenvalue weighted by Crippen LogP contribution is 2.13. The van der Waals surface area contributed by atoms with Gasteiger partial charge in [0, 0.05) is 0 Å². The maximum Gasteiger partial charge on any atom is 0.354 e.